The minimum Gasteiger partial charge on any atom is -0.399 e. The maximum Gasteiger partial charge on any atom is 0.494 e. The highest BCUT2D eigenvalue weighted by molar-refractivity contribution is 7.26. The second kappa shape index (κ2) is 13.1. The van der Waals surface area contributed by atoms with Gasteiger partial charge >= 0.3 is 7.12 Å². The molecule has 3 heterocycles. The largest absolute Gasteiger partial charge is 0.494 e. The van der Waals surface area contributed by atoms with E-state index in [-0.39, 0.29) is 0 Å². The van der Waals surface area contributed by atoms with Gasteiger partial charge in [-0.15, -0.1) is 22.7 Å². The van der Waals surface area contributed by atoms with Crippen LogP contribution in [0.1, 0.15) is 27.7 Å². The topological polar surface area (TPSA) is 24.9 Å². The fraction of sp³-hybridized carbons (Fsp3) is 0.125. The summed E-state index contributed by atoms with van der Waals surface area (Å²) in [7, 11) is -0.564. The van der Waals surface area contributed by atoms with Gasteiger partial charge in [-0.05, 0) is 124 Å². The average molecular weight is 751 g/mol. The summed E-state index contributed by atoms with van der Waals surface area (Å²) in [4.78, 5) is 4.73. The summed E-state index contributed by atoms with van der Waals surface area (Å²) < 4.78 is 18.7. The molecule has 1 aliphatic heterocycles. The van der Waals surface area contributed by atoms with E-state index in [1.54, 1.807) is 0 Å². The molecule has 7 aromatic carbocycles. The Morgan fingerprint density at radius 1 is 0.382 bits per heavy atom. The average Bonchev–Trinajstić information content (AvgIpc) is 3.83. The minimum atomic E-state index is -0.564. The van der Waals surface area contributed by atoms with Crippen molar-refractivity contribution >= 4 is 110 Å². The van der Waals surface area contributed by atoms with Gasteiger partial charge in [-0.2, -0.15) is 0 Å². The molecular weight excluding hydrogens is 711 g/mol. The molecule has 7 heteroatoms. The normalized spacial score (nSPS) is 15.0. The lowest BCUT2D eigenvalue weighted by Crippen LogP contribution is -2.41. The monoisotopic (exact) mass is 750 g/mol. The van der Waals surface area contributed by atoms with Crippen LogP contribution in [-0.2, 0) is 9.31 Å². The highest BCUT2D eigenvalue weighted by atomic mass is 32.1. The Labute approximate surface area is 329 Å². The molecule has 1 aliphatic rings. The SMILES string of the molecule is CC1(C)OB(c2cc(N(c3ccccc3)c3ccc4sc5ccccc5c4c3)cc(N(c3ccccc3)c3ccc4sc5ccccc5c4c3)c2)OC1(C)C. The van der Waals surface area contributed by atoms with Crippen LogP contribution >= 0.6 is 22.7 Å². The molecule has 1 saturated heterocycles. The summed E-state index contributed by atoms with van der Waals surface area (Å²) in [6.07, 6.45) is 0. The smallest absolute Gasteiger partial charge is 0.399 e. The second-order valence-corrected chi connectivity index (χ2v) is 17.4. The van der Waals surface area contributed by atoms with Crippen molar-refractivity contribution in [3.8, 4) is 0 Å². The number of hydrogen-bond donors (Lipinski definition) is 0. The number of fused-ring (bicyclic) bond motifs is 6. The summed E-state index contributed by atoms with van der Waals surface area (Å²) >= 11 is 3.68. The number of benzene rings is 7. The van der Waals surface area contributed by atoms with E-state index in [1.165, 1.54) is 40.3 Å². The van der Waals surface area contributed by atoms with E-state index in [4.69, 9.17) is 9.31 Å². The van der Waals surface area contributed by atoms with Crippen LogP contribution in [0.4, 0.5) is 34.1 Å². The highest BCUT2D eigenvalue weighted by Gasteiger charge is 2.52. The van der Waals surface area contributed by atoms with Crippen LogP contribution in [0.5, 0.6) is 0 Å². The zero-order chi connectivity index (χ0) is 37.3. The molecule has 0 unspecified atom stereocenters. The summed E-state index contributed by atoms with van der Waals surface area (Å²) in [5.74, 6) is 0. The molecule has 268 valence electrons. The molecule has 0 amide bonds. The molecule has 4 nitrogen and oxygen atoms in total. The molecule has 0 radical (unpaired) electrons. The Kier molecular flexibility index (Phi) is 8.12. The molecule has 9 aromatic rings. The first kappa shape index (κ1) is 34.1. The van der Waals surface area contributed by atoms with Crippen molar-refractivity contribution in [2.24, 2.45) is 0 Å². The van der Waals surface area contributed by atoms with Gasteiger partial charge < -0.3 is 19.1 Å². The van der Waals surface area contributed by atoms with E-state index in [2.05, 4.69) is 201 Å². The van der Waals surface area contributed by atoms with Crippen molar-refractivity contribution in [3.63, 3.8) is 0 Å². The first-order chi connectivity index (χ1) is 26.7. The predicted molar refractivity (Wildman–Crippen MR) is 237 cm³/mol. The summed E-state index contributed by atoms with van der Waals surface area (Å²) in [5.41, 5.74) is 6.27. The minimum absolute atomic E-state index is 0.498. The Hall–Kier alpha value is -5.44. The molecule has 0 atom stereocenters. The molecule has 0 spiro atoms. The zero-order valence-corrected chi connectivity index (χ0v) is 32.8. The Morgan fingerprint density at radius 3 is 1.24 bits per heavy atom. The first-order valence-electron chi connectivity index (χ1n) is 18.8. The molecule has 1 fully saturated rings. The summed E-state index contributed by atoms with van der Waals surface area (Å²) in [5, 5.41) is 5.05. The van der Waals surface area contributed by atoms with Gasteiger partial charge in [0.2, 0.25) is 0 Å². The lowest BCUT2D eigenvalue weighted by molar-refractivity contribution is 0.00578. The Bertz CT molecular complexity index is 2670. The van der Waals surface area contributed by atoms with Gasteiger partial charge in [0, 0.05) is 74.5 Å². The van der Waals surface area contributed by atoms with Crippen LogP contribution in [0, 0.1) is 0 Å². The van der Waals surface area contributed by atoms with Crippen LogP contribution in [-0.4, -0.2) is 18.3 Å². The number of nitrogens with zero attached hydrogens (tertiary/aromatic N) is 2. The van der Waals surface area contributed by atoms with E-state index < -0.39 is 18.3 Å². The fourth-order valence-corrected chi connectivity index (χ4v) is 9.92. The lowest BCUT2D eigenvalue weighted by atomic mass is 9.78. The van der Waals surface area contributed by atoms with Gasteiger partial charge in [0.05, 0.1) is 11.2 Å². The van der Waals surface area contributed by atoms with E-state index in [0.717, 1.165) is 39.6 Å². The molecule has 0 aliphatic carbocycles. The van der Waals surface area contributed by atoms with E-state index in [0.29, 0.717) is 0 Å². The molecule has 0 saturated carbocycles. The van der Waals surface area contributed by atoms with Crippen molar-refractivity contribution in [2.45, 2.75) is 38.9 Å². The summed E-state index contributed by atoms with van der Waals surface area (Å²) in [6.45, 7) is 8.46. The van der Waals surface area contributed by atoms with Gasteiger partial charge in [-0.25, -0.2) is 0 Å². The van der Waals surface area contributed by atoms with Crippen LogP contribution in [0.15, 0.2) is 164 Å². The van der Waals surface area contributed by atoms with Gasteiger partial charge in [0.1, 0.15) is 0 Å². The van der Waals surface area contributed by atoms with Crippen molar-refractivity contribution in [2.75, 3.05) is 9.80 Å². The molecular formula is C48H39BN2O2S2. The van der Waals surface area contributed by atoms with Crippen molar-refractivity contribution in [1.82, 2.24) is 0 Å². The fourth-order valence-electron chi connectivity index (χ4n) is 7.75. The van der Waals surface area contributed by atoms with Crippen LogP contribution in [0.25, 0.3) is 40.3 Å². The number of anilines is 6. The Morgan fingerprint density at radius 2 is 0.782 bits per heavy atom. The van der Waals surface area contributed by atoms with Gasteiger partial charge in [0.25, 0.3) is 0 Å². The zero-order valence-electron chi connectivity index (χ0n) is 31.2. The van der Waals surface area contributed by atoms with Gasteiger partial charge in [0.15, 0.2) is 0 Å². The van der Waals surface area contributed by atoms with E-state index >= 15 is 0 Å². The number of hydrogen-bond acceptors (Lipinski definition) is 6. The van der Waals surface area contributed by atoms with Gasteiger partial charge in [-0.3, -0.25) is 0 Å². The molecule has 55 heavy (non-hydrogen) atoms. The second-order valence-electron chi connectivity index (χ2n) is 15.3. The predicted octanol–water partition coefficient (Wildman–Crippen LogP) is 13.7. The van der Waals surface area contributed by atoms with Crippen LogP contribution in [0.2, 0.25) is 0 Å². The van der Waals surface area contributed by atoms with Gasteiger partial charge in [-0.1, -0.05) is 72.8 Å². The number of thiophene rings is 2. The van der Waals surface area contributed by atoms with Crippen molar-refractivity contribution in [1.29, 1.82) is 0 Å². The lowest BCUT2D eigenvalue weighted by Gasteiger charge is -2.32. The van der Waals surface area contributed by atoms with Crippen LogP contribution in [0.3, 0.4) is 0 Å². The molecule has 10 rings (SSSR count). The number of rotatable bonds is 7. The molecule has 2 aromatic heterocycles. The maximum absolute atomic E-state index is 6.78. The van der Waals surface area contributed by atoms with Crippen molar-refractivity contribution < 1.29 is 9.31 Å². The summed E-state index contributed by atoms with van der Waals surface area (Å²) in [6, 6.07) is 59.2. The maximum atomic E-state index is 6.78. The quantitative estimate of drug-likeness (QED) is 0.151. The molecule has 0 N–H and O–H groups in total. The number of para-hydroxylation sites is 2. The van der Waals surface area contributed by atoms with Crippen molar-refractivity contribution in [3.05, 3.63) is 164 Å². The molecule has 0 bridgehead atoms. The third-order valence-electron chi connectivity index (χ3n) is 11.2. The highest BCUT2D eigenvalue weighted by Crippen LogP contribution is 2.45. The van der Waals surface area contributed by atoms with E-state index in [1.807, 2.05) is 22.7 Å². The first-order valence-corrected chi connectivity index (χ1v) is 20.4. The third kappa shape index (κ3) is 5.90. The Balaban J connectivity index is 1.22. The third-order valence-corrected chi connectivity index (χ3v) is 13.5. The van der Waals surface area contributed by atoms with E-state index in [9.17, 15) is 0 Å². The van der Waals surface area contributed by atoms with Crippen LogP contribution < -0.4 is 15.3 Å². The standard InChI is InChI=1S/C48H39BN2O2S2/c1-47(2)48(3,4)53-49(52-47)32-27-37(50(33-15-7-5-8-16-33)35-23-25-45-41(30-35)39-19-11-13-21-43(39)54-45)29-38(28-32)51(34-17-9-6-10-18-34)36-24-26-46-42(31-36)40-20-12-14-22-44(40)55-46/h5-31H,1-4H3.